The van der Waals surface area contributed by atoms with Crippen molar-refractivity contribution in [3.8, 4) is 22.4 Å². The van der Waals surface area contributed by atoms with Crippen LogP contribution in [-0.4, -0.2) is 112 Å². The maximum Gasteiger partial charge on any atom is 0.407 e. The van der Waals surface area contributed by atoms with Gasteiger partial charge in [0.15, 0.2) is 0 Å². The number of aliphatic hydroxyl groups excluding tert-OH is 1. The van der Waals surface area contributed by atoms with Gasteiger partial charge in [-0.2, -0.15) is 0 Å². The number of hydrogen-bond acceptors (Lipinski definition) is 8. The number of aliphatic hydroxyl groups is 1. The number of halogens is 2. The summed E-state index contributed by atoms with van der Waals surface area (Å²) in [5, 5.41) is 17.0. The second-order valence-electron chi connectivity index (χ2n) is 17.6. The normalized spacial score (nSPS) is 20.1. The third-order valence-electron chi connectivity index (χ3n) is 11.7. The standard InChI is InChI=1S/C43H54F2N8O5Si/c1-24(2)33(47-36(55)20-54)19-52-23-59(6,7)21-35(52)40-48-31-15-13-29-16-28(12-14-30(29)38(31)50-40)26-8-10-27(11-9-26)32-18-46-39(49-32)34-17-43(44,45)22-53(34)41(56)37(25(3)4)51-42(57)58-5/h8-16,18,24-25,33-35,37,54H,17,19-23H2,1-7H3,(H,46,49)(H,47,55)(H,48,50)(H,51,57)/t33-,34+,35+,37+/m1/s1. The van der Waals surface area contributed by atoms with Gasteiger partial charge in [0.05, 0.1) is 56.7 Å². The first kappa shape index (κ1) is 41.9. The Hall–Kier alpha value is -5.19. The van der Waals surface area contributed by atoms with Crippen LogP contribution in [0.2, 0.25) is 19.1 Å². The third-order valence-corrected chi connectivity index (χ3v) is 14.5. The zero-order valence-electron chi connectivity index (χ0n) is 34.6. The minimum absolute atomic E-state index is 0.0902. The molecule has 2 fully saturated rings. The number of rotatable bonds is 12. The molecule has 0 unspecified atom stereocenters. The smallest absolute Gasteiger partial charge is 0.407 e. The predicted octanol–water partition coefficient (Wildman–Crippen LogP) is 6.80. The molecule has 2 saturated heterocycles. The van der Waals surface area contributed by atoms with Gasteiger partial charge in [0.2, 0.25) is 11.8 Å². The SMILES string of the molecule is COC(=O)N[C@H](C(=O)N1CC(F)(F)C[C@H]1c1ncc(-c2ccc(-c3ccc4c(ccc5nc([C@@H]6C[Si](C)(C)CN6C[C@@H](NC(=O)CO)C(C)C)[nH]c54)c3)cc2)[nH]1)C(C)C. The van der Waals surface area contributed by atoms with E-state index in [1.807, 2.05) is 30.3 Å². The number of likely N-dealkylation sites (tertiary alicyclic amines) is 1. The van der Waals surface area contributed by atoms with E-state index in [2.05, 4.69) is 86.4 Å². The number of ether oxygens (including phenoxy) is 1. The molecule has 7 rings (SSSR count). The van der Waals surface area contributed by atoms with E-state index in [0.29, 0.717) is 12.2 Å². The van der Waals surface area contributed by atoms with Gasteiger partial charge in [-0.1, -0.05) is 83.3 Å². The maximum atomic E-state index is 14.8. The molecule has 3 aromatic carbocycles. The van der Waals surface area contributed by atoms with Crippen molar-refractivity contribution in [3.63, 3.8) is 0 Å². The van der Waals surface area contributed by atoms with Crippen LogP contribution in [0.1, 0.15) is 57.8 Å². The van der Waals surface area contributed by atoms with Crippen molar-refractivity contribution >= 4 is 47.8 Å². The van der Waals surface area contributed by atoms with Crippen LogP contribution < -0.4 is 10.6 Å². The summed E-state index contributed by atoms with van der Waals surface area (Å²) in [7, 11) is -0.381. The molecule has 16 heteroatoms. The number of nitrogens with one attached hydrogen (secondary N) is 4. The lowest BCUT2D eigenvalue weighted by molar-refractivity contribution is -0.136. The minimum Gasteiger partial charge on any atom is -0.453 e. The summed E-state index contributed by atoms with van der Waals surface area (Å²) in [6.07, 6.45) is 1.18. The fraction of sp³-hybridized carbons (Fsp3) is 0.465. The molecule has 2 aliphatic rings. The Morgan fingerprint density at radius 3 is 2.34 bits per heavy atom. The van der Waals surface area contributed by atoms with Crippen LogP contribution in [0.3, 0.4) is 0 Å². The van der Waals surface area contributed by atoms with E-state index < -0.39 is 57.7 Å². The van der Waals surface area contributed by atoms with Crippen molar-refractivity contribution in [2.45, 2.75) is 83.3 Å². The number of aromatic nitrogens is 4. The van der Waals surface area contributed by atoms with Crippen molar-refractivity contribution in [1.82, 2.24) is 40.4 Å². The molecule has 4 atom stereocenters. The van der Waals surface area contributed by atoms with E-state index in [0.717, 1.165) is 61.4 Å². The Morgan fingerprint density at radius 1 is 0.949 bits per heavy atom. The first-order valence-corrected chi connectivity index (χ1v) is 23.6. The number of benzene rings is 3. The molecule has 2 aliphatic heterocycles. The summed E-state index contributed by atoms with van der Waals surface area (Å²) in [6.45, 7) is 11.8. The van der Waals surface area contributed by atoms with Gasteiger partial charge in [-0.05, 0) is 58.3 Å². The number of fused-ring (bicyclic) bond motifs is 3. The van der Waals surface area contributed by atoms with E-state index in [9.17, 15) is 28.3 Å². The highest BCUT2D eigenvalue weighted by Gasteiger charge is 2.50. The van der Waals surface area contributed by atoms with Gasteiger partial charge in [0.1, 0.15) is 24.3 Å². The Bertz CT molecular complexity index is 2350. The molecular formula is C43H54F2N8O5Si. The highest BCUT2D eigenvalue weighted by atomic mass is 28.3. The Labute approximate surface area is 343 Å². The number of aromatic amines is 2. The van der Waals surface area contributed by atoms with E-state index in [-0.39, 0.29) is 35.7 Å². The lowest BCUT2D eigenvalue weighted by Crippen LogP contribution is -2.51. The topological polar surface area (TPSA) is 169 Å². The Balaban J connectivity index is 1.09. The summed E-state index contributed by atoms with van der Waals surface area (Å²) in [5.74, 6) is -3.09. The van der Waals surface area contributed by atoms with Crippen molar-refractivity contribution < 1.29 is 33.0 Å². The molecule has 0 spiro atoms. The van der Waals surface area contributed by atoms with Crippen LogP contribution >= 0.6 is 0 Å². The van der Waals surface area contributed by atoms with Crippen LogP contribution in [0.4, 0.5) is 13.6 Å². The molecule has 13 nitrogen and oxygen atoms in total. The summed E-state index contributed by atoms with van der Waals surface area (Å²) in [4.78, 5) is 57.6. The first-order chi connectivity index (χ1) is 28.0. The van der Waals surface area contributed by atoms with E-state index >= 15 is 0 Å². The van der Waals surface area contributed by atoms with Crippen molar-refractivity contribution in [2.75, 3.05) is 33.0 Å². The van der Waals surface area contributed by atoms with Gasteiger partial charge in [-0.3, -0.25) is 14.5 Å². The van der Waals surface area contributed by atoms with Crippen molar-refractivity contribution in [3.05, 3.63) is 72.4 Å². The zero-order valence-corrected chi connectivity index (χ0v) is 35.6. The average Bonchev–Trinajstić information content (AvgIpc) is 3.99. The van der Waals surface area contributed by atoms with E-state index in [4.69, 9.17) is 4.98 Å². The van der Waals surface area contributed by atoms with Crippen molar-refractivity contribution in [1.29, 1.82) is 0 Å². The molecule has 314 valence electrons. The van der Waals surface area contributed by atoms with Crippen LogP contribution in [-0.2, 0) is 14.3 Å². The van der Waals surface area contributed by atoms with E-state index in [1.54, 1.807) is 20.0 Å². The number of alkyl halides is 2. The molecule has 4 heterocycles. The number of hydrogen-bond donors (Lipinski definition) is 5. The molecule has 0 bridgehead atoms. The highest BCUT2D eigenvalue weighted by Crippen LogP contribution is 2.42. The summed E-state index contributed by atoms with van der Waals surface area (Å²) < 4.78 is 34.3. The molecular weight excluding hydrogens is 775 g/mol. The van der Waals surface area contributed by atoms with Gasteiger partial charge in [-0.25, -0.2) is 23.5 Å². The largest absolute Gasteiger partial charge is 0.453 e. The number of amides is 3. The van der Waals surface area contributed by atoms with Crippen LogP contribution in [0.25, 0.3) is 44.2 Å². The van der Waals surface area contributed by atoms with Gasteiger partial charge in [-0.15, -0.1) is 0 Å². The van der Waals surface area contributed by atoms with E-state index in [1.165, 1.54) is 7.11 Å². The number of H-pyrrole nitrogens is 2. The second kappa shape index (κ2) is 16.5. The summed E-state index contributed by atoms with van der Waals surface area (Å²) in [5.41, 5.74) is 5.32. The third kappa shape index (κ3) is 8.89. The number of imidazole rings is 2. The van der Waals surface area contributed by atoms with Crippen molar-refractivity contribution in [2.24, 2.45) is 11.8 Å². The predicted molar refractivity (Wildman–Crippen MR) is 225 cm³/mol. The monoisotopic (exact) mass is 828 g/mol. The lowest BCUT2D eigenvalue weighted by Gasteiger charge is -2.31. The van der Waals surface area contributed by atoms with Gasteiger partial charge in [0.25, 0.3) is 5.92 Å². The fourth-order valence-corrected chi connectivity index (χ4v) is 11.7. The summed E-state index contributed by atoms with van der Waals surface area (Å²) >= 11 is 0. The number of nitrogens with zero attached hydrogens (tertiary/aromatic N) is 4. The summed E-state index contributed by atoms with van der Waals surface area (Å²) in [6, 6.07) is 17.4. The number of alkyl carbamates (subject to hydrolysis) is 1. The molecule has 0 aliphatic carbocycles. The fourth-order valence-electron chi connectivity index (χ4n) is 8.60. The van der Waals surface area contributed by atoms with Gasteiger partial charge >= 0.3 is 6.09 Å². The molecule has 5 N–H and O–H groups in total. The molecule has 2 aromatic heterocycles. The minimum atomic E-state index is -3.12. The maximum absolute atomic E-state index is 14.8. The van der Waals surface area contributed by atoms with Crippen LogP contribution in [0, 0.1) is 11.8 Å². The second-order valence-corrected chi connectivity index (χ2v) is 22.6. The van der Waals surface area contributed by atoms with Gasteiger partial charge < -0.3 is 35.3 Å². The molecule has 3 amide bonds. The van der Waals surface area contributed by atoms with Gasteiger partial charge in [0, 0.05) is 24.4 Å². The number of carbonyl (C=O) groups excluding carboxylic acids is 3. The van der Waals surface area contributed by atoms with Crippen LogP contribution in [0.5, 0.6) is 0 Å². The molecule has 0 radical (unpaired) electrons. The number of methoxy groups -OCH3 is 1. The average molecular weight is 829 g/mol. The quantitative estimate of drug-likeness (QED) is 0.0857. The zero-order chi connectivity index (χ0) is 42.4. The molecule has 0 saturated carbocycles. The first-order valence-electron chi connectivity index (χ1n) is 20.2. The lowest BCUT2D eigenvalue weighted by atomic mass is 9.99. The highest BCUT2D eigenvalue weighted by molar-refractivity contribution is 6.78. The molecule has 5 aromatic rings. The molecule has 59 heavy (non-hydrogen) atoms. The number of carbonyl (C=O) groups is 3. The van der Waals surface area contributed by atoms with Crippen LogP contribution in [0.15, 0.2) is 60.8 Å². The Kier molecular flexibility index (Phi) is 11.7. The Morgan fingerprint density at radius 2 is 1.66 bits per heavy atom.